The molecule has 0 spiro atoms. The molecule has 0 atom stereocenters. The molecule has 0 unspecified atom stereocenters. The number of aromatic nitrogens is 1. The molecule has 0 aliphatic carbocycles. The van der Waals surface area contributed by atoms with Crippen LogP contribution < -0.4 is 4.74 Å². The summed E-state index contributed by atoms with van der Waals surface area (Å²) >= 11 is 3.46. The van der Waals surface area contributed by atoms with Crippen molar-refractivity contribution < 1.29 is 4.74 Å². The van der Waals surface area contributed by atoms with Crippen molar-refractivity contribution in [3.8, 4) is 17.7 Å². The number of hydrogen-bond donors (Lipinski definition) is 0. The van der Waals surface area contributed by atoms with Crippen LogP contribution in [0.3, 0.4) is 0 Å². The Balaban J connectivity index is 2.30. The zero-order chi connectivity index (χ0) is 13.8. The molecule has 3 nitrogen and oxygen atoms in total. The number of nitriles is 1. The lowest BCUT2D eigenvalue weighted by molar-refractivity contribution is 0.454. The van der Waals surface area contributed by atoms with Crippen molar-refractivity contribution in [3.63, 3.8) is 0 Å². The van der Waals surface area contributed by atoms with Crippen LogP contribution in [0.1, 0.15) is 30.9 Å². The van der Waals surface area contributed by atoms with E-state index >= 15 is 0 Å². The van der Waals surface area contributed by atoms with Crippen molar-refractivity contribution in [2.75, 3.05) is 0 Å². The van der Waals surface area contributed by atoms with E-state index in [9.17, 15) is 0 Å². The highest BCUT2D eigenvalue weighted by atomic mass is 79.9. The van der Waals surface area contributed by atoms with E-state index in [0.717, 1.165) is 15.8 Å². The molecule has 0 amide bonds. The fraction of sp³-hybridized carbons (Fsp3) is 0.200. The molecule has 0 saturated heterocycles. The molecule has 0 bridgehead atoms. The Labute approximate surface area is 121 Å². The number of hydrogen-bond acceptors (Lipinski definition) is 3. The molecule has 0 fully saturated rings. The van der Waals surface area contributed by atoms with Gasteiger partial charge < -0.3 is 4.74 Å². The quantitative estimate of drug-likeness (QED) is 0.829. The average Bonchev–Trinajstić information content (AvgIpc) is 2.41. The van der Waals surface area contributed by atoms with Crippen LogP contribution in [-0.2, 0) is 0 Å². The maximum absolute atomic E-state index is 8.73. The first kappa shape index (κ1) is 13.6. The minimum atomic E-state index is 0.353. The fourth-order valence-electron chi connectivity index (χ4n) is 1.68. The Morgan fingerprint density at radius 2 is 2.05 bits per heavy atom. The number of ether oxygens (including phenoxy) is 1. The topological polar surface area (TPSA) is 45.9 Å². The molecule has 1 aromatic heterocycles. The molecule has 2 rings (SSSR count). The molecule has 2 aromatic rings. The van der Waals surface area contributed by atoms with Crippen molar-refractivity contribution in [2.45, 2.75) is 19.8 Å². The Hall–Kier alpha value is -1.86. The summed E-state index contributed by atoms with van der Waals surface area (Å²) in [5.74, 6) is 1.63. The Morgan fingerprint density at radius 1 is 1.26 bits per heavy atom. The molecule has 1 aromatic carbocycles. The minimum Gasteiger partial charge on any atom is -0.439 e. The Bertz CT molecular complexity index is 615. The van der Waals surface area contributed by atoms with Gasteiger partial charge >= 0.3 is 0 Å². The van der Waals surface area contributed by atoms with E-state index in [-0.39, 0.29) is 0 Å². The number of nitrogens with zero attached hydrogens (tertiary/aromatic N) is 2. The van der Waals surface area contributed by atoms with Gasteiger partial charge in [-0.15, -0.1) is 0 Å². The predicted octanol–water partition coefficient (Wildman–Crippen LogP) is 4.63. The maximum atomic E-state index is 8.73. The van der Waals surface area contributed by atoms with Crippen LogP contribution in [0.2, 0.25) is 0 Å². The molecule has 1 heterocycles. The lowest BCUT2D eigenvalue weighted by Crippen LogP contribution is -1.95. The molecular weight excluding hydrogens is 304 g/mol. The van der Waals surface area contributed by atoms with Gasteiger partial charge in [0.15, 0.2) is 0 Å². The standard InChI is InChI=1S/C15H13BrN2O/c1-10(2)13-7-12(16)4-5-14(13)19-15-6-3-11(8-17)9-18-15/h3-7,9-10H,1-2H3. The zero-order valence-electron chi connectivity index (χ0n) is 10.7. The van der Waals surface area contributed by atoms with E-state index in [1.165, 1.54) is 6.20 Å². The highest BCUT2D eigenvalue weighted by Crippen LogP contribution is 2.32. The number of rotatable bonds is 3. The summed E-state index contributed by atoms with van der Waals surface area (Å²) in [4.78, 5) is 4.11. The monoisotopic (exact) mass is 316 g/mol. The van der Waals surface area contributed by atoms with Crippen molar-refractivity contribution in [1.29, 1.82) is 5.26 Å². The molecule has 0 saturated carbocycles. The minimum absolute atomic E-state index is 0.353. The van der Waals surface area contributed by atoms with Crippen LogP contribution in [0, 0.1) is 11.3 Å². The zero-order valence-corrected chi connectivity index (χ0v) is 12.3. The molecule has 0 aliphatic heterocycles. The lowest BCUT2D eigenvalue weighted by Gasteiger charge is -2.13. The Morgan fingerprint density at radius 3 is 2.63 bits per heavy atom. The number of pyridine rings is 1. The van der Waals surface area contributed by atoms with Gasteiger partial charge in [0, 0.05) is 16.7 Å². The molecule has 4 heteroatoms. The summed E-state index contributed by atoms with van der Waals surface area (Å²) in [6, 6.07) is 11.3. The summed E-state index contributed by atoms with van der Waals surface area (Å²) in [6.45, 7) is 4.22. The smallest absolute Gasteiger partial charge is 0.219 e. The predicted molar refractivity (Wildman–Crippen MR) is 77.3 cm³/mol. The van der Waals surface area contributed by atoms with Crippen molar-refractivity contribution in [1.82, 2.24) is 4.98 Å². The highest BCUT2D eigenvalue weighted by Gasteiger charge is 2.10. The van der Waals surface area contributed by atoms with Crippen molar-refractivity contribution in [2.24, 2.45) is 0 Å². The third-order valence-corrected chi connectivity index (χ3v) is 3.17. The average molecular weight is 317 g/mol. The summed E-state index contributed by atoms with van der Waals surface area (Å²) in [6.07, 6.45) is 1.50. The number of halogens is 1. The molecule has 0 aliphatic rings. The van der Waals surface area contributed by atoms with Crippen molar-refractivity contribution >= 4 is 15.9 Å². The van der Waals surface area contributed by atoms with Crippen LogP contribution in [0.25, 0.3) is 0 Å². The van der Waals surface area contributed by atoms with Gasteiger partial charge in [-0.05, 0) is 35.7 Å². The van der Waals surface area contributed by atoms with Gasteiger partial charge in [-0.3, -0.25) is 0 Å². The molecule has 96 valence electrons. The largest absolute Gasteiger partial charge is 0.439 e. The van der Waals surface area contributed by atoms with E-state index in [2.05, 4.69) is 34.8 Å². The van der Waals surface area contributed by atoms with Gasteiger partial charge in [-0.25, -0.2) is 4.98 Å². The summed E-state index contributed by atoms with van der Waals surface area (Å²) in [5.41, 5.74) is 1.63. The van der Waals surface area contributed by atoms with Gasteiger partial charge in [-0.1, -0.05) is 29.8 Å². The van der Waals surface area contributed by atoms with E-state index in [1.54, 1.807) is 12.1 Å². The molecular formula is C15H13BrN2O. The summed E-state index contributed by atoms with van der Waals surface area (Å²) < 4.78 is 6.81. The third-order valence-electron chi connectivity index (χ3n) is 2.67. The first-order valence-corrected chi connectivity index (χ1v) is 6.73. The second-order valence-electron chi connectivity index (χ2n) is 4.44. The Kier molecular flexibility index (Phi) is 4.18. The van der Waals surface area contributed by atoms with Crippen LogP contribution >= 0.6 is 15.9 Å². The molecule has 19 heavy (non-hydrogen) atoms. The van der Waals surface area contributed by atoms with Crippen LogP contribution in [0.5, 0.6) is 11.6 Å². The third kappa shape index (κ3) is 3.33. The van der Waals surface area contributed by atoms with E-state index in [4.69, 9.17) is 10.00 Å². The summed E-state index contributed by atoms with van der Waals surface area (Å²) in [5, 5.41) is 8.73. The van der Waals surface area contributed by atoms with E-state index < -0.39 is 0 Å². The van der Waals surface area contributed by atoms with Gasteiger partial charge in [0.05, 0.1) is 5.56 Å². The second-order valence-corrected chi connectivity index (χ2v) is 5.35. The van der Waals surface area contributed by atoms with Gasteiger partial charge in [0.25, 0.3) is 0 Å². The van der Waals surface area contributed by atoms with Gasteiger partial charge in [0.2, 0.25) is 5.88 Å². The van der Waals surface area contributed by atoms with Gasteiger partial charge in [-0.2, -0.15) is 5.26 Å². The normalized spacial score (nSPS) is 10.3. The van der Waals surface area contributed by atoms with E-state index in [0.29, 0.717) is 17.4 Å². The van der Waals surface area contributed by atoms with Crippen molar-refractivity contribution in [3.05, 3.63) is 52.1 Å². The fourth-order valence-corrected chi connectivity index (χ4v) is 2.06. The first-order valence-electron chi connectivity index (χ1n) is 5.93. The van der Waals surface area contributed by atoms with Crippen LogP contribution in [-0.4, -0.2) is 4.98 Å². The molecule has 0 radical (unpaired) electrons. The summed E-state index contributed by atoms with van der Waals surface area (Å²) in [7, 11) is 0. The SMILES string of the molecule is CC(C)c1cc(Br)ccc1Oc1ccc(C#N)cn1. The van der Waals surface area contributed by atoms with Gasteiger partial charge in [0.1, 0.15) is 11.8 Å². The molecule has 0 N–H and O–H groups in total. The lowest BCUT2D eigenvalue weighted by atomic mass is 10.0. The first-order chi connectivity index (χ1) is 9.10. The second kappa shape index (κ2) is 5.85. The highest BCUT2D eigenvalue weighted by molar-refractivity contribution is 9.10. The maximum Gasteiger partial charge on any atom is 0.219 e. The van der Waals surface area contributed by atoms with Crippen LogP contribution in [0.15, 0.2) is 41.0 Å². The van der Waals surface area contributed by atoms with E-state index in [1.807, 2.05) is 24.3 Å². The number of benzene rings is 1. The van der Waals surface area contributed by atoms with Crippen LogP contribution in [0.4, 0.5) is 0 Å².